The molecule has 0 atom stereocenters. The molecule has 5 nitrogen and oxygen atoms in total. The summed E-state index contributed by atoms with van der Waals surface area (Å²) in [5, 5.41) is 0. The number of nitrogens with two attached hydrogens (primary N) is 1. The Morgan fingerprint density at radius 2 is 1.93 bits per heavy atom. The van der Waals surface area contributed by atoms with E-state index in [0.717, 1.165) is 6.42 Å². The first-order valence-corrected chi connectivity index (χ1v) is 6.15. The second kappa shape index (κ2) is 5.06. The van der Waals surface area contributed by atoms with Gasteiger partial charge < -0.3 is 5.73 Å². The molecule has 0 unspecified atom stereocenters. The van der Waals surface area contributed by atoms with Crippen molar-refractivity contribution in [3.05, 3.63) is 0 Å². The molecule has 0 aliphatic rings. The van der Waals surface area contributed by atoms with Crippen LogP contribution in [-0.2, 0) is 10.2 Å². The van der Waals surface area contributed by atoms with Crippen LogP contribution in [0.1, 0.15) is 27.2 Å². The third-order valence-corrected chi connectivity index (χ3v) is 4.03. The van der Waals surface area contributed by atoms with Crippen LogP contribution in [0.5, 0.6) is 0 Å². The molecular weight excluding hydrogens is 202 g/mol. The van der Waals surface area contributed by atoms with Gasteiger partial charge in [-0.2, -0.15) is 12.7 Å². The van der Waals surface area contributed by atoms with Crippen molar-refractivity contribution < 1.29 is 8.42 Å². The zero-order valence-electron chi connectivity index (χ0n) is 9.37. The first-order chi connectivity index (χ1) is 6.28. The van der Waals surface area contributed by atoms with Crippen LogP contribution in [0.2, 0.25) is 0 Å². The van der Waals surface area contributed by atoms with Gasteiger partial charge in [-0.1, -0.05) is 6.92 Å². The lowest BCUT2D eigenvalue weighted by molar-refractivity contribution is 0.270. The topological polar surface area (TPSA) is 75.4 Å². The van der Waals surface area contributed by atoms with Gasteiger partial charge in [0.2, 0.25) is 0 Å². The van der Waals surface area contributed by atoms with E-state index >= 15 is 0 Å². The van der Waals surface area contributed by atoms with Crippen molar-refractivity contribution in [1.29, 1.82) is 0 Å². The van der Waals surface area contributed by atoms with Gasteiger partial charge in [0.1, 0.15) is 0 Å². The molecule has 0 saturated carbocycles. The van der Waals surface area contributed by atoms with Crippen molar-refractivity contribution in [3.8, 4) is 0 Å². The molecule has 0 aromatic heterocycles. The lowest BCUT2D eigenvalue weighted by Gasteiger charge is -2.33. The zero-order chi connectivity index (χ0) is 11.4. The molecule has 0 spiro atoms. The van der Waals surface area contributed by atoms with Crippen molar-refractivity contribution in [2.45, 2.75) is 32.7 Å². The van der Waals surface area contributed by atoms with E-state index in [1.54, 1.807) is 13.8 Å². The van der Waals surface area contributed by atoms with Crippen molar-refractivity contribution >= 4 is 10.2 Å². The molecule has 0 heterocycles. The first-order valence-electron chi connectivity index (χ1n) is 4.71. The number of likely N-dealkylation sites (N-methyl/N-ethyl adjacent to an activating group) is 1. The van der Waals surface area contributed by atoms with Gasteiger partial charge in [-0.3, -0.25) is 0 Å². The van der Waals surface area contributed by atoms with Gasteiger partial charge in [-0.05, 0) is 20.3 Å². The minimum Gasteiger partial charge on any atom is -0.329 e. The highest BCUT2D eigenvalue weighted by Gasteiger charge is 2.30. The van der Waals surface area contributed by atoms with E-state index in [4.69, 9.17) is 5.73 Å². The smallest absolute Gasteiger partial charge is 0.279 e. The third-order valence-electron chi connectivity index (χ3n) is 2.25. The van der Waals surface area contributed by atoms with Crippen LogP contribution in [0.15, 0.2) is 0 Å². The van der Waals surface area contributed by atoms with Gasteiger partial charge in [-0.15, -0.1) is 0 Å². The monoisotopic (exact) mass is 223 g/mol. The quantitative estimate of drug-likeness (QED) is 0.660. The summed E-state index contributed by atoms with van der Waals surface area (Å²) in [6.45, 7) is 6.23. The van der Waals surface area contributed by atoms with Crippen LogP contribution in [0, 0.1) is 0 Å². The summed E-state index contributed by atoms with van der Waals surface area (Å²) < 4.78 is 27.1. The van der Waals surface area contributed by atoms with Crippen LogP contribution in [0.25, 0.3) is 0 Å². The van der Waals surface area contributed by atoms with Crippen molar-refractivity contribution in [3.63, 3.8) is 0 Å². The molecule has 3 N–H and O–H groups in total. The minimum atomic E-state index is -3.39. The predicted octanol–water partition coefficient (Wildman–Crippen LogP) is -0.100. The first kappa shape index (κ1) is 13.8. The number of hydrogen-bond donors (Lipinski definition) is 2. The molecule has 0 rings (SSSR count). The Kier molecular flexibility index (Phi) is 5.00. The summed E-state index contributed by atoms with van der Waals surface area (Å²) in [6, 6.07) is 0. The number of nitrogens with zero attached hydrogens (tertiary/aromatic N) is 1. The Bertz CT molecular complexity index is 262. The van der Waals surface area contributed by atoms with Crippen LogP contribution in [0.4, 0.5) is 0 Å². The third kappa shape index (κ3) is 3.53. The standard InChI is InChI=1S/C8H21N3O2S/c1-5-6-10-14(12,13)11(4)8(2,3)7-9/h10H,5-7,9H2,1-4H3. The van der Waals surface area contributed by atoms with E-state index in [2.05, 4.69) is 4.72 Å². The summed E-state index contributed by atoms with van der Waals surface area (Å²) in [5.41, 5.74) is 4.94. The van der Waals surface area contributed by atoms with Crippen LogP contribution in [-0.4, -0.2) is 38.4 Å². The largest absolute Gasteiger partial charge is 0.329 e. The molecular formula is C8H21N3O2S. The van der Waals surface area contributed by atoms with Crippen LogP contribution in [0.3, 0.4) is 0 Å². The average Bonchev–Trinajstić information content (AvgIpc) is 2.13. The fraction of sp³-hybridized carbons (Fsp3) is 1.00. The van der Waals surface area contributed by atoms with Crippen molar-refractivity contribution in [1.82, 2.24) is 9.03 Å². The van der Waals surface area contributed by atoms with Crippen molar-refractivity contribution in [2.75, 3.05) is 20.1 Å². The van der Waals surface area contributed by atoms with E-state index in [9.17, 15) is 8.42 Å². The molecule has 0 aromatic carbocycles. The van der Waals surface area contributed by atoms with Gasteiger partial charge in [0.05, 0.1) is 0 Å². The lowest BCUT2D eigenvalue weighted by Crippen LogP contribution is -2.53. The van der Waals surface area contributed by atoms with Gasteiger partial charge >= 0.3 is 0 Å². The molecule has 14 heavy (non-hydrogen) atoms. The average molecular weight is 223 g/mol. The molecule has 0 radical (unpaired) electrons. The van der Waals surface area contributed by atoms with Crippen LogP contribution < -0.4 is 10.5 Å². The molecule has 6 heteroatoms. The number of rotatable bonds is 6. The molecule has 0 aliphatic heterocycles. The number of hydrogen-bond acceptors (Lipinski definition) is 3. The van der Waals surface area contributed by atoms with E-state index in [1.807, 2.05) is 6.92 Å². The molecule has 0 fully saturated rings. The lowest BCUT2D eigenvalue weighted by atomic mass is 10.1. The maximum Gasteiger partial charge on any atom is 0.279 e. The normalized spacial score (nSPS) is 13.6. The summed E-state index contributed by atoms with van der Waals surface area (Å²) in [5.74, 6) is 0. The Balaban J connectivity index is 4.59. The minimum absolute atomic E-state index is 0.288. The summed E-state index contributed by atoms with van der Waals surface area (Å²) in [7, 11) is -1.86. The highest BCUT2D eigenvalue weighted by molar-refractivity contribution is 7.87. The maximum atomic E-state index is 11.7. The summed E-state index contributed by atoms with van der Waals surface area (Å²) in [6.07, 6.45) is 0.774. The van der Waals surface area contributed by atoms with E-state index in [0.29, 0.717) is 6.54 Å². The molecule has 0 aliphatic carbocycles. The maximum absolute atomic E-state index is 11.7. The fourth-order valence-electron chi connectivity index (χ4n) is 0.782. The summed E-state index contributed by atoms with van der Waals surface area (Å²) in [4.78, 5) is 0. The fourth-order valence-corrected chi connectivity index (χ4v) is 2.16. The van der Waals surface area contributed by atoms with E-state index in [-0.39, 0.29) is 6.54 Å². The SMILES string of the molecule is CCCNS(=O)(=O)N(C)C(C)(C)CN. The Morgan fingerprint density at radius 1 is 1.43 bits per heavy atom. The Morgan fingerprint density at radius 3 is 2.29 bits per heavy atom. The summed E-state index contributed by atoms with van der Waals surface area (Å²) >= 11 is 0. The van der Waals surface area contributed by atoms with Gasteiger partial charge in [-0.25, -0.2) is 4.72 Å². The molecule has 86 valence electrons. The molecule has 0 bridgehead atoms. The zero-order valence-corrected chi connectivity index (χ0v) is 10.2. The highest BCUT2D eigenvalue weighted by atomic mass is 32.2. The second-order valence-electron chi connectivity index (χ2n) is 3.88. The molecule has 0 aromatic rings. The number of nitrogens with one attached hydrogen (secondary N) is 1. The highest BCUT2D eigenvalue weighted by Crippen LogP contribution is 2.13. The second-order valence-corrected chi connectivity index (χ2v) is 5.67. The Hall–Kier alpha value is -0.170. The molecule has 0 saturated heterocycles. The molecule has 0 amide bonds. The van der Waals surface area contributed by atoms with E-state index < -0.39 is 15.7 Å². The van der Waals surface area contributed by atoms with Gasteiger partial charge in [0.15, 0.2) is 0 Å². The van der Waals surface area contributed by atoms with Gasteiger partial charge in [0, 0.05) is 25.7 Å². The van der Waals surface area contributed by atoms with Gasteiger partial charge in [0.25, 0.3) is 10.2 Å². The van der Waals surface area contributed by atoms with Crippen LogP contribution >= 0.6 is 0 Å². The van der Waals surface area contributed by atoms with Crippen molar-refractivity contribution in [2.24, 2.45) is 5.73 Å². The Labute approximate surface area is 86.8 Å². The predicted molar refractivity (Wildman–Crippen MR) is 58.1 cm³/mol. The van der Waals surface area contributed by atoms with E-state index in [1.165, 1.54) is 11.4 Å².